The second-order valence-electron chi connectivity index (χ2n) is 4.74. The molecule has 4 nitrogen and oxygen atoms in total. The maximum atomic E-state index is 6.07. The van der Waals surface area contributed by atoms with Crippen LogP contribution in [0.1, 0.15) is 11.1 Å². The number of benzene rings is 2. The zero-order valence-electron chi connectivity index (χ0n) is 13.0. The predicted octanol–water partition coefficient (Wildman–Crippen LogP) is 4.12. The summed E-state index contributed by atoms with van der Waals surface area (Å²) in [6.45, 7) is 2.14. The number of anilines is 1. The number of methoxy groups -OCH3 is 1. The molecule has 0 heterocycles. The smallest absolute Gasteiger partial charge is 0.162 e. The summed E-state index contributed by atoms with van der Waals surface area (Å²) in [7, 11) is 1.57. The molecule has 2 rings (SSSR count). The van der Waals surface area contributed by atoms with E-state index in [0.29, 0.717) is 16.5 Å². The highest BCUT2D eigenvalue weighted by atomic mass is 35.5. The molecule has 0 amide bonds. The van der Waals surface area contributed by atoms with E-state index < -0.39 is 0 Å². The lowest BCUT2D eigenvalue weighted by atomic mass is 10.2. The van der Waals surface area contributed by atoms with Crippen LogP contribution in [-0.2, 0) is 0 Å². The molecule has 0 unspecified atom stereocenters. The minimum atomic E-state index is 0.194. The third kappa shape index (κ3) is 4.67. The molecule has 118 valence electrons. The van der Waals surface area contributed by atoms with E-state index in [1.807, 2.05) is 37.3 Å². The number of rotatable bonds is 6. The summed E-state index contributed by atoms with van der Waals surface area (Å²) in [6, 6.07) is 11.1. The summed E-state index contributed by atoms with van der Waals surface area (Å²) in [5.41, 5.74) is 5.63. The van der Waals surface area contributed by atoms with Crippen LogP contribution in [0.15, 0.2) is 41.5 Å². The number of nitrogens with one attached hydrogen (secondary N) is 1. The minimum absolute atomic E-state index is 0.194. The average molecular weight is 329 g/mol. The standard InChI is InChI=1S/C18H17ClN2O2/c1-4-9-23-17-8-6-14(10-18(17)22-3)12-20-21-15-7-5-13(2)16(19)11-15/h1,5-8,10-12,21H,9H2,2-3H3. The molecular weight excluding hydrogens is 312 g/mol. The van der Waals surface area contributed by atoms with Crippen molar-refractivity contribution in [3.8, 4) is 23.8 Å². The number of hydrogen-bond acceptors (Lipinski definition) is 4. The molecule has 0 saturated heterocycles. The van der Waals surface area contributed by atoms with Crippen LogP contribution in [0, 0.1) is 19.3 Å². The molecule has 2 aromatic rings. The third-order valence-electron chi connectivity index (χ3n) is 3.08. The van der Waals surface area contributed by atoms with E-state index in [-0.39, 0.29) is 6.61 Å². The van der Waals surface area contributed by atoms with E-state index in [0.717, 1.165) is 16.8 Å². The van der Waals surface area contributed by atoms with Gasteiger partial charge >= 0.3 is 0 Å². The van der Waals surface area contributed by atoms with Gasteiger partial charge in [-0.05, 0) is 48.4 Å². The zero-order valence-corrected chi connectivity index (χ0v) is 13.7. The number of halogens is 1. The summed E-state index contributed by atoms with van der Waals surface area (Å²) >= 11 is 6.07. The second-order valence-corrected chi connectivity index (χ2v) is 5.14. The Morgan fingerprint density at radius 2 is 2.09 bits per heavy atom. The number of hydrazone groups is 1. The van der Waals surface area contributed by atoms with E-state index >= 15 is 0 Å². The van der Waals surface area contributed by atoms with Gasteiger partial charge in [0.2, 0.25) is 0 Å². The Morgan fingerprint density at radius 1 is 1.26 bits per heavy atom. The molecule has 0 spiro atoms. The molecule has 1 N–H and O–H groups in total. The van der Waals surface area contributed by atoms with Gasteiger partial charge in [0.1, 0.15) is 6.61 Å². The van der Waals surface area contributed by atoms with Gasteiger partial charge < -0.3 is 9.47 Å². The van der Waals surface area contributed by atoms with Gasteiger partial charge in [0.25, 0.3) is 0 Å². The summed E-state index contributed by atoms with van der Waals surface area (Å²) in [6.07, 6.45) is 6.87. The first-order valence-corrected chi connectivity index (χ1v) is 7.31. The van der Waals surface area contributed by atoms with E-state index in [4.69, 9.17) is 27.5 Å². The van der Waals surface area contributed by atoms with E-state index in [1.54, 1.807) is 19.4 Å². The van der Waals surface area contributed by atoms with Crippen molar-refractivity contribution in [1.82, 2.24) is 0 Å². The Labute approximate surface area is 141 Å². The van der Waals surface area contributed by atoms with Gasteiger partial charge in [0, 0.05) is 5.02 Å². The number of hydrogen-bond donors (Lipinski definition) is 1. The van der Waals surface area contributed by atoms with Gasteiger partial charge in [-0.3, -0.25) is 5.43 Å². The van der Waals surface area contributed by atoms with E-state index in [2.05, 4.69) is 16.4 Å². The Kier molecular flexibility index (Phi) is 5.90. The molecule has 0 saturated carbocycles. The van der Waals surface area contributed by atoms with Crippen LogP contribution in [0.2, 0.25) is 5.02 Å². The van der Waals surface area contributed by atoms with Crippen molar-refractivity contribution in [2.24, 2.45) is 5.10 Å². The van der Waals surface area contributed by atoms with Gasteiger partial charge in [0.05, 0.1) is 19.0 Å². The highest BCUT2D eigenvalue weighted by molar-refractivity contribution is 6.31. The van der Waals surface area contributed by atoms with Crippen molar-refractivity contribution in [2.45, 2.75) is 6.92 Å². The van der Waals surface area contributed by atoms with Crippen molar-refractivity contribution in [2.75, 3.05) is 19.1 Å². The van der Waals surface area contributed by atoms with E-state index in [1.165, 1.54) is 0 Å². The molecule has 0 aromatic heterocycles. The molecule has 23 heavy (non-hydrogen) atoms. The monoisotopic (exact) mass is 328 g/mol. The van der Waals surface area contributed by atoms with Gasteiger partial charge in [-0.2, -0.15) is 5.10 Å². The first kappa shape index (κ1) is 16.7. The zero-order chi connectivity index (χ0) is 16.7. The Bertz CT molecular complexity index is 751. The van der Waals surface area contributed by atoms with E-state index in [9.17, 15) is 0 Å². The van der Waals surface area contributed by atoms with Crippen LogP contribution in [0.4, 0.5) is 5.69 Å². The molecule has 2 aromatic carbocycles. The Morgan fingerprint density at radius 3 is 2.78 bits per heavy atom. The van der Waals surface area contributed by atoms with Crippen LogP contribution in [-0.4, -0.2) is 19.9 Å². The second kappa shape index (κ2) is 8.11. The molecular formula is C18H17ClN2O2. The molecule has 0 aliphatic heterocycles. The Balaban J connectivity index is 2.07. The molecule has 0 aliphatic carbocycles. The summed E-state index contributed by atoms with van der Waals surface area (Å²) in [5, 5.41) is 4.88. The highest BCUT2D eigenvalue weighted by Gasteiger charge is 2.04. The number of nitrogens with zero attached hydrogens (tertiary/aromatic N) is 1. The lowest BCUT2D eigenvalue weighted by Crippen LogP contribution is -1.98. The summed E-state index contributed by atoms with van der Waals surface area (Å²) in [4.78, 5) is 0. The van der Waals surface area contributed by atoms with Gasteiger partial charge in [-0.15, -0.1) is 6.42 Å². The highest BCUT2D eigenvalue weighted by Crippen LogP contribution is 2.27. The lowest BCUT2D eigenvalue weighted by Gasteiger charge is -2.09. The first-order chi connectivity index (χ1) is 11.1. The lowest BCUT2D eigenvalue weighted by molar-refractivity contribution is 0.331. The minimum Gasteiger partial charge on any atom is -0.493 e. The topological polar surface area (TPSA) is 42.8 Å². The largest absolute Gasteiger partial charge is 0.493 e. The maximum Gasteiger partial charge on any atom is 0.162 e. The Hall–Kier alpha value is -2.64. The fourth-order valence-corrected chi connectivity index (χ4v) is 2.03. The van der Waals surface area contributed by atoms with Crippen LogP contribution < -0.4 is 14.9 Å². The van der Waals surface area contributed by atoms with Gasteiger partial charge in [0.15, 0.2) is 11.5 Å². The predicted molar refractivity (Wildman–Crippen MR) is 94.7 cm³/mol. The van der Waals surface area contributed by atoms with Crippen molar-refractivity contribution >= 4 is 23.5 Å². The van der Waals surface area contributed by atoms with Crippen molar-refractivity contribution < 1.29 is 9.47 Å². The van der Waals surface area contributed by atoms with Crippen molar-refractivity contribution in [3.63, 3.8) is 0 Å². The van der Waals surface area contributed by atoms with Crippen LogP contribution in [0.25, 0.3) is 0 Å². The maximum absolute atomic E-state index is 6.07. The van der Waals surface area contributed by atoms with Crippen molar-refractivity contribution in [1.29, 1.82) is 0 Å². The van der Waals surface area contributed by atoms with Crippen LogP contribution in [0.5, 0.6) is 11.5 Å². The third-order valence-corrected chi connectivity index (χ3v) is 3.48. The summed E-state index contributed by atoms with van der Waals surface area (Å²) in [5.74, 6) is 3.62. The number of terminal acetylenes is 1. The van der Waals surface area contributed by atoms with Gasteiger partial charge in [-0.25, -0.2) is 0 Å². The number of ether oxygens (including phenoxy) is 2. The number of aryl methyl sites for hydroxylation is 1. The molecule has 0 aliphatic rings. The fourth-order valence-electron chi connectivity index (χ4n) is 1.85. The SMILES string of the molecule is C#CCOc1ccc(C=NNc2ccc(C)c(Cl)c2)cc1OC. The molecule has 0 radical (unpaired) electrons. The molecule has 0 bridgehead atoms. The molecule has 0 atom stereocenters. The average Bonchev–Trinajstić information content (AvgIpc) is 2.56. The fraction of sp³-hybridized carbons (Fsp3) is 0.167. The summed E-state index contributed by atoms with van der Waals surface area (Å²) < 4.78 is 10.7. The first-order valence-electron chi connectivity index (χ1n) is 6.93. The molecule has 5 heteroatoms. The molecule has 0 fully saturated rings. The van der Waals surface area contributed by atoms with Crippen LogP contribution in [0.3, 0.4) is 0 Å². The van der Waals surface area contributed by atoms with Gasteiger partial charge in [-0.1, -0.05) is 23.6 Å². The quantitative estimate of drug-likeness (QED) is 0.493. The van der Waals surface area contributed by atoms with Crippen LogP contribution >= 0.6 is 11.6 Å². The normalized spacial score (nSPS) is 10.3. The van der Waals surface area contributed by atoms with Crippen molar-refractivity contribution in [3.05, 3.63) is 52.5 Å².